The maximum absolute atomic E-state index is 12.4. The number of rotatable bonds is 8. The summed E-state index contributed by atoms with van der Waals surface area (Å²) in [6.07, 6.45) is 0.364. The van der Waals surface area contributed by atoms with Crippen molar-refractivity contribution in [3.05, 3.63) is 63.2 Å². The minimum absolute atomic E-state index is 0.0149. The Morgan fingerprint density at radius 2 is 1.91 bits per heavy atom. The number of halogens is 1. The zero-order valence-corrected chi connectivity index (χ0v) is 19.2. The normalized spacial score (nSPS) is 16.7. The molecule has 0 aromatic heterocycles. The molecule has 1 heterocycles. The molecule has 176 valence electrons. The Labute approximate surface area is 195 Å². The lowest BCUT2D eigenvalue weighted by Gasteiger charge is -2.26. The number of likely N-dealkylation sites (N-methyl/N-ethyl adjacent to an activating group) is 1. The second-order valence-electron chi connectivity index (χ2n) is 7.31. The van der Waals surface area contributed by atoms with Crippen LogP contribution in [-0.4, -0.2) is 60.8 Å². The summed E-state index contributed by atoms with van der Waals surface area (Å²) in [5.74, 6) is -1.04. The van der Waals surface area contributed by atoms with E-state index in [4.69, 9.17) is 21.1 Å². The van der Waals surface area contributed by atoms with Crippen LogP contribution in [0.25, 0.3) is 0 Å². The van der Waals surface area contributed by atoms with Gasteiger partial charge in [0.25, 0.3) is 5.91 Å². The molecule has 33 heavy (non-hydrogen) atoms. The van der Waals surface area contributed by atoms with Gasteiger partial charge in [-0.3, -0.25) is 14.9 Å². The van der Waals surface area contributed by atoms with E-state index in [1.54, 1.807) is 6.92 Å². The molecule has 0 aliphatic carbocycles. The quantitative estimate of drug-likeness (QED) is 0.309. The zero-order valence-electron chi connectivity index (χ0n) is 17.6. The molecule has 12 heteroatoms. The standard InChI is InChI=1S/C21H21ClN2O8S/c1-2-23(16-9-10-33(29,30)13-16)20(25)12-31-21(26)14-3-6-17(7-4-14)32-19-8-5-15(22)11-18(19)24(27)28/h3-8,11,16H,2,9-10,12-13H2,1H3/t16-/m0/s1. The van der Waals surface area contributed by atoms with E-state index in [1.807, 2.05) is 0 Å². The molecule has 10 nitrogen and oxygen atoms in total. The Morgan fingerprint density at radius 1 is 1.21 bits per heavy atom. The molecular weight excluding hydrogens is 476 g/mol. The second-order valence-corrected chi connectivity index (χ2v) is 9.97. The maximum Gasteiger partial charge on any atom is 0.338 e. The lowest BCUT2D eigenvalue weighted by Crippen LogP contribution is -2.43. The highest BCUT2D eigenvalue weighted by Crippen LogP contribution is 2.33. The van der Waals surface area contributed by atoms with Crippen LogP contribution in [0.3, 0.4) is 0 Å². The molecule has 1 atom stereocenters. The number of hydrogen-bond acceptors (Lipinski definition) is 8. The van der Waals surface area contributed by atoms with E-state index in [1.165, 1.54) is 47.4 Å². The molecule has 1 aliphatic heterocycles. The summed E-state index contributed by atoms with van der Waals surface area (Å²) in [4.78, 5) is 36.7. The van der Waals surface area contributed by atoms with Crippen LogP contribution in [-0.2, 0) is 19.4 Å². The van der Waals surface area contributed by atoms with Crippen LogP contribution in [0, 0.1) is 10.1 Å². The molecule has 0 spiro atoms. The summed E-state index contributed by atoms with van der Waals surface area (Å²) in [6.45, 7) is 1.52. The molecule has 0 radical (unpaired) electrons. The van der Waals surface area contributed by atoms with E-state index in [0.29, 0.717) is 13.0 Å². The summed E-state index contributed by atoms with van der Waals surface area (Å²) in [7, 11) is -3.15. The fraction of sp³-hybridized carbons (Fsp3) is 0.333. The topological polar surface area (TPSA) is 133 Å². The molecular formula is C21H21ClN2O8S. The molecule has 2 aromatic rings. The van der Waals surface area contributed by atoms with Crippen LogP contribution >= 0.6 is 11.6 Å². The summed E-state index contributed by atoms with van der Waals surface area (Å²) in [5, 5.41) is 11.4. The van der Waals surface area contributed by atoms with Crippen molar-refractivity contribution in [2.45, 2.75) is 19.4 Å². The SMILES string of the molecule is CCN(C(=O)COC(=O)c1ccc(Oc2ccc(Cl)cc2[N+](=O)[O-])cc1)[C@H]1CCS(=O)(=O)C1. The first-order chi connectivity index (χ1) is 15.6. The van der Waals surface area contributed by atoms with Crippen LogP contribution in [0.15, 0.2) is 42.5 Å². The van der Waals surface area contributed by atoms with Gasteiger partial charge >= 0.3 is 11.7 Å². The van der Waals surface area contributed by atoms with E-state index in [2.05, 4.69) is 0 Å². The molecule has 3 rings (SSSR count). The average Bonchev–Trinajstić information content (AvgIpc) is 3.13. The van der Waals surface area contributed by atoms with E-state index < -0.39 is 39.3 Å². The number of sulfone groups is 1. The summed E-state index contributed by atoms with van der Waals surface area (Å²) >= 11 is 5.78. The van der Waals surface area contributed by atoms with Gasteiger partial charge in [-0.25, -0.2) is 13.2 Å². The number of hydrogen-bond donors (Lipinski definition) is 0. The van der Waals surface area contributed by atoms with Gasteiger partial charge in [0.15, 0.2) is 16.4 Å². The molecule has 0 saturated carbocycles. The molecule has 0 unspecified atom stereocenters. The summed E-state index contributed by atoms with van der Waals surface area (Å²) in [6, 6.07) is 9.21. The number of ether oxygens (including phenoxy) is 2. The number of carbonyl (C=O) groups excluding carboxylic acids is 2. The highest BCUT2D eigenvalue weighted by molar-refractivity contribution is 7.91. The Bertz CT molecular complexity index is 1170. The van der Waals surface area contributed by atoms with Crippen molar-refractivity contribution in [3.63, 3.8) is 0 Å². The molecule has 1 aliphatic rings. The lowest BCUT2D eigenvalue weighted by atomic mass is 10.2. The van der Waals surface area contributed by atoms with Gasteiger partial charge in [0.05, 0.1) is 22.0 Å². The Kier molecular flexibility index (Phi) is 7.54. The van der Waals surface area contributed by atoms with Crippen LogP contribution in [0.5, 0.6) is 11.5 Å². The third-order valence-corrected chi connectivity index (χ3v) is 7.06. The van der Waals surface area contributed by atoms with Crippen molar-refractivity contribution >= 4 is 39.0 Å². The second kappa shape index (κ2) is 10.2. The molecule has 1 amide bonds. The van der Waals surface area contributed by atoms with Crippen LogP contribution in [0.4, 0.5) is 5.69 Å². The minimum atomic E-state index is -3.15. The van der Waals surface area contributed by atoms with Crippen molar-refractivity contribution in [1.29, 1.82) is 0 Å². The first kappa shape index (κ1) is 24.5. The third-order valence-electron chi connectivity index (χ3n) is 5.07. The van der Waals surface area contributed by atoms with Crippen LogP contribution in [0.1, 0.15) is 23.7 Å². The summed E-state index contributed by atoms with van der Waals surface area (Å²) < 4.78 is 33.9. The van der Waals surface area contributed by atoms with Crippen molar-refractivity contribution in [2.75, 3.05) is 24.7 Å². The molecule has 1 saturated heterocycles. The van der Waals surface area contributed by atoms with E-state index in [-0.39, 0.29) is 39.3 Å². The van der Waals surface area contributed by atoms with Crippen LogP contribution in [0.2, 0.25) is 5.02 Å². The van der Waals surface area contributed by atoms with Crippen molar-refractivity contribution < 1.29 is 32.4 Å². The first-order valence-corrected chi connectivity index (χ1v) is 12.2. The number of nitrogens with zero attached hydrogens (tertiary/aromatic N) is 2. The minimum Gasteiger partial charge on any atom is -0.452 e. The van der Waals surface area contributed by atoms with E-state index in [0.717, 1.165) is 0 Å². The number of nitro groups is 1. The molecule has 0 bridgehead atoms. The third kappa shape index (κ3) is 6.20. The number of amides is 1. The van der Waals surface area contributed by atoms with Gasteiger partial charge in [-0.05, 0) is 49.7 Å². The highest BCUT2D eigenvalue weighted by atomic mass is 35.5. The van der Waals surface area contributed by atoms with Crippen LogP contribution < -0.4 is 4.74 Å². The Balaban J connectivity index is 1.59. The van der Waals surface area contributed by atoms with Gasteiger partial charge in [-0.15, -0.1) is 0 Å². The Hall–Kier alpha value is -3.18. The highest BCUT2D eigenvalue weighted by Gasteiger charge is 2.34. The van der Waals surface area contributed by atoms with Gasteiger partial charge in [0, 0.05) is 23.7 Å². The number of nitro benzene ring substituents is 1. The van der Waals surface area contributed by atoms with Gasteiger partial charge in [-0.1, -0.05) is 11.6 Å². The Morgan fingerprint density at radius 3 is 2.48 bits per heavy atom. The largest absolute Gasteiger partial charge is 0.452 e. The van der Waals surface area contributed by atoms with Gasteiger partial charge < -0.3 is 14.4 Å². The van der Waals surface area contributed by atoms with Crippen molar-refractivity contribution in [2.24, 2.45) is 0 Å². The molecule has 0 N–H and O–H groups in total. The van der Waals surface area contributed by atoms with E-state index in [9.17, 15) is 28.1 Å². The predicted molar refractivity (Wildman–Crippen MR) is 119 cm³/mol. The molecule has 2 aromatic carbocycles. The van der Waals surface area contributed by atoms with Gasteiger partial charge in [-0.2, -0.15) is 0 Å². The van der Waals surface area contributed by atoms with E-state index >= 15 is 0 Å². The predicted octanol–water partition coefficient (Wildman–Crippen LogP) is 3.23. The smallest absolute Gasteiger partial charge is 0.338 e. The van der Waals surface area contributed by atoms with Crippen molar-refractivity contribution in [3.8, 4) is 11.5 Å². The fourth-order valence-electron chi connectivity index (χ4n) is 3.46. The number of esters is 1. The number of benzene rings is 2. The van der Waals surface area contributed by atoms with Crippen molar-refractivity contribution in [1.82, 2.24) is 4.90 Å². The van der Waals surface area contributed by atoms with Gasteiger partial charge in [0.2, 0.25) is 5.75 Å². The fourth-order valence-corrected chi connectivity index (χ4v) is 5.36. The lowest BCUT2D eigenvalue weighted by molar-refractivity contribution is -0.385. The first-order valence-electron chi connectivity index (χ1n) is 9.98. The number of carbonyl (C=O) groups is 2. The maximum atomic E-state index is 12.4. The monoisotopic (exact) mass is 496 g/mol. The summed E-state index contributed by atoms with van der Waals surface area (Å²) in [5.41, 5.74) is -0.160. The average molecular weight is 497 g/mol. The molecule has 1 fully saturated rings. The van der Waals surface area contributed by atoms with Gasteiger partial charge in [0.1, 0.15) is 5.75 Å². The zero-order chi connectivity index (χ0) is 24.2.